The van der Waals surface area contributed by atoms with Crippen LogP contribution in [-0.2, 0) is 16.3 Å². The van der Waals surface area contributed by atoms with Crippen LogP contribution in [0.3, 0.4) is 0 Å². The second kappa shape index (κ2) is 5.46. The summed E-state index contributed by atoms with van der Waals surface area (Å²) in [4.78, 5) is 0. The Hall–Kier alpha value is -0.460. The van der Waals surface area contributed by atoms with Crippen LogP contribution < -0.4 is 0 Å². The van der Waals surface area contributed by atoms with E-state index in [0.717, 1.165) is 6.26 Å². The molecule has 0 aliphatic heterocycles. The summed E-state index contributed by atoms with van der Waals surface area (Å²) in [5, 5.41) is 8.90. The molecule has 0 spiro atoms. The Bertz CT molecular complexity index is 481. The lowest BCUT2D eigenvalue weighted by Gasteiger charge is -2.17. The Balaban J connectivity index is 2.84. The highest BCUT2D eigenvalue weighted by Crippen LogP contribution is 2.18. The summed E-state index contributed by atoms with van der Waals surface area (Å²) in [5.74, 6) is -0.423. The maximum absolute atomic E-state index is 13.1. The van der Waals surface area contributed by atoms with Gasteiger partial charge in [-0.3, -0.25) is 0 Å². The summed E-state index contributed by atoms with van der Waals surface area (Å²) in [6, 6.07) is 4.24. The third-order valence-corrected chi connectivity index (χ3v) is 4.71. The maximum Gasteiger partial charge on any atom is 0.152 e. The Morgan fingerprint density at radius 3 is 2.47 bits per heavy atom. The van der Waals surface area contributed by atoms with Crippen molar-refractivity contribution in [3.63, 3.8) is 0 Å². The topological polar surface area (TPSA) is 54.4 Å². The lowest BCUT2D eigenvalue weighted by atomic mass is 10.1. The van der Waals surface area contributed by atoms with E-state index in [9.17, 15) is 17.9 Å². The van der Waals surface area contributed by atoms with Gasteiger partial charge in [-0.1, -0.05) is 15.9 Å². The molecule has 0 aromatic heterocycles. The van der Waals surface area contributed by atoms with Gasteiger partial charge in [0.05, 0.1) is 11.4 Å². The smallest absolute Gasteiger partial charge is 0.152 e. The van der Waals surface area contributed by atoms with Gasteiger partial charge in [-0.2, -0.15) is 0 Å². The summed E-state index contributed by atoms with van der Waals surface area (Å²) in [7, 11) is -3.30. The standard InChI is InChI=1S/C11H14BrFO3S/c1-7(17(2,15)16)11(14)5-8-3-9(12)6-10(13)4-8/h3-4,6-7,11,14H,5H2,1-2H3. The van der Waals surface area contributed by atoms with Crippen LogP contribution in [0, 0.1) is 5.82 Å². The monoisotopic (exact) mass is 324 g/mol. The van der Waals surface area contributed by atoms with E-state index < -0.39 is 27.0 Å². The average molecular weight is 325 g/mol. The fourth-order valence-electron chi connectivity index (χ4n) is 1.42. The van der Waals surface area contributed by atoms with Crippen molar-refractivity contribution in [2.45, 2.75) is 24.7 Å². The normalized spacial score (nSPS) is 15.6. The van der Waals surface area contributed by atoms with Gasteiger partial charge in [-0.05, 0) is 37.1 Å². The molecule has 0 radical (unpaired) electrons. The predicted molar refractivity (Wildman–Crippen MR) is 68.1 cm³/mol. The Morgan fingerprint density at radius 1 is 1.41 bits per heavy atom. The molecule has 1 aromatic carbocycles. The van der Waals surface area contributed by atoms with E-state index in [1.54, 1.807) is 6.07 Å². The maximum atomic E-state index is 13.1. The van der Waals surface area contributed by atoms with Gasteiger partial charge in [0, 0.05) is 10.7 Å². The SMILES string of the molecule is CC(C(O)Cc1cc(F)cc(Br)c1)S(C)(=O)=O. The molecule has 0 amide bonds. The fourth-order valence-corrected chi connectivity index (χ4v) is 2.60. The van der Waals surface area contributed by atoms with Gasteiger partial charge < -0.3 is 5.11 Å². The third-order valence-electron chi connectivity index (χ3n) is 2.58. The van der Waals surface area contributed by atoms with Crippen LogP contribution in [0.2, 0.25) is 0 Å². The molecule has 0 aliphatic rings. The molecule has 3 nitrogen and oxygen atoms in total. The average Bonchev–Trinajstić information content (AvgIpc) is 2.13. The van der Waals surface area contributed by atoms with Gasteiger partial charge in [-0.15, -0.1) is 0 Å². The molecule has 0 fully saturated rings. The number of halogens is 2. The minimum absolute atomic E-state index is 0.102. The molecular weight excluding hydrogens is 311 g/mol. The minimum atomic E-state index is -3.30. The van der Waals surface area contributed by atoms with Crippen LogP contribution in [0.1, 0.15) is 12.5 Å². The lowest BCUT2D eigenvalue weighted by Crippen LogP contribution is -2.32. The summed E-state index contributed by atoms with van der Waals surface area (Å²) in [6.07, 6.45) is 0.131. The molecule has 0 bridgehead atoms. The molecule has 1 aromatic rings. The molecule has 2 atom stereocenters. The van der Waals surface area contributed by atoms with E-state index in [1.165, 1.54) is 19.1 Å². The molecule has 2 unspecified atom stereocenters. The number of benzene rings is 1. The van der Waals surface area contributed by atoms with Crippen LogP contribution in [0.5, 0.6) is 0 Å². The molecule has 0 saturated heterocycles. The highest BCUT2D eigenvalue weighted by molar-refractivity contribution is 9.10. The number of hydrogen-bond donors (Lipinski definition) is 1. The van der Waals surface area contributed by atoms with Gasteiger partial charge >= 0.3 is 0 Å². The summed E-state index contributed by atoms with van der Waals surface area (Å²) in [5.41, 5.74) is 0.555. The Labute approximate surface area is 109 Å². The molecule has 17 heavy (non-hydrogen) atoms. The highest BCUT2D eigenvalue weighted by atomic mass is 79.9. The molecule has 0 saturated carbocycles. The van der Waals surface area contributed by atoms with Crippen LogP contribution in [0.4, 0.5) is 4.39 Å². The van der Waals surface area contributed by atoms with Gasteiger partial charge in [0.2, 0.25) is 0 Å². The molecule has 0 aliphatic carbocycles. The predicted octanol–water partition coefficient (Wildman–Crippen LogP) is 1.92. The van der Waals surface area contributed by atoms with E-state index in [1.807, 2.05) is 0 Å². The van der Waals surface area contributed by atoms with Crippen LogP contribution in [0.15, 0.2) is 22.7 Å². The second-order valence-corrected chi connectivity index (χ2v) is 7.40. The summed E-state index contributed by atoms with van der Waals surface area (Å²) < 4.78 is 36.2. The van der Waals surface area contributed by atoms with Crippen LogP contribution in [-0.4, -0.2) is 31.1 Å². The molecule has 0 heterocycles. The second-order valence-electron chi connectivity index (χ2n) is 4.08. The van der Waals surface area contributed by atoms with Gasteiger partial charge in [0.1, 0.15) is 5.82 Å². The van der Waals surface area contributed by atoms with Crippen molar-refractivity contribution in [1.82, 2.24) is 0 Å². The number of aliphatic hydroxyl groups is 1. The number of aliphatic hydroxyl groups excluding tert-OH is 1. The van der Waals surface area contributed by atoms with E-state index in [0.29, 0.717) is 10.0 Å². The van der Waals surface area contributed by atoms with Crippen molar-refractivity contribution < 1.29 is 17.9 Å². The van der Waals surface area contributed by atoms with E-state index in [4.69, 9.17) is 0 Å². The minimum Gasteiger partial charge on any atom is -0.391 e. The molecule has 1 N–H and O–H groups in total. The van der Waals surface area contributed by atoms with Gasteiger partial charge in [-0.25, -0.2) is 12.8 Å². The number of sulfone groups is 1. The van der Waals surface area contributed by atoms with Crippen molar-refractivity contribution in [3.8, 4) is 0 Å². The van der Waals surface area contributed by atoms with Crippen molar-refractivity contribution >= 4 is 25.8 Å². The first-order valence-corrected chi connectivity index (χ1v) is 7.77. The summed E-state index contributed by atoms with van der Waals surface area (Å²) in [6.45, 7) is 1.44. The van der Waals surface area contributed by atoms with E-state index in [2.05, 4.69) is 15.9 Å². The van der Waals surface area contributed by atoms with E-state index >= 15 is 0 Å². The van der Waals surface area contributed by atoms with Gasteiger partial charge in [0.15, 0.2) is 9.84 Å². The first kappa shape index (κ1) is 14.6. The molecule has 1 rings (SSSR count). The zero-order valence-electron chi connectivity index (χ0n) is 9.52. The third kappa shape index (κ3) is 4.37. The van der Waals surface area contributed by atoms with Crippen molar-refractivity contribution in [3.05, 3.63) is 34.1 Å². The quantitative estimate of drug-likeness (QED) is 0.920. The molecule has 6 heteroatoms. The molecular formula is C11H14BrFO3S. The zero-order valence-corrected chi connectivity index (χ0v) is 11.9. The van der Waals surface area contributed by atoms with Crippen LogP contribution in [0.25, 0.3) is 0 Å². The molecule has 96 valence electrons. The summed E-state index contributed by atoms with van der Waals surface area (Å²) >= 11 is 3.14. The Morgan fingerprint density at radius 2 is 2.00 bits per heavy atom. The zero-order chi connectivity index (χ0) is 13.2. The van der Waals surface area contributed by atoms with Crippen LogP contribution >= 0.6 is 15.9 Å². The highest BCUT2D eigenvalue weighted by Gasteiger charge is 2.24. The lowest BCUT2D eigenvalue weighted by molar-refractivity contribution is 0.173. The van der Waals surface area contributed by atoms with Crippen molar-refractivity contribution in [2.75, 3.05) is 6.26 Å². The first-order valence-electron chi connectivity index (χ1n) is 5.02. The first-order chi connectivity index (χ1) is 7.70. The van der Waals surface area contributed by atoms with Gasteiger partial charge in [0.25, 0.3) is 0 Å². The van der Waals surface area contributed by atoms with E-state index in [-0.39, 0.29) is 6.42 Å². The fraction of sp³-hybridized carbons (Fsp3) is 0.455. The van der Waals surface area contributed by atoms with Crippen molar-refractivity contribution in [2.24, 2.45) is 0 Å². The van der Waals surface area contributed by atoms with Crippen molar-refractivity contribution in [1.29, 1.82) is 0 Å². The Kier molecular flexibility index (Phi) is 4.69. The largest absolute Gasteiger partial charge is 0.391 e. The number of hydrogen-bond acceptors (Lipinski definition) is 3. The number of rotatable bonds is 4.